The van der Waals surface area contributed by atoms with E-state index in [1.807, 2.05) is 6.07 Å². The van der Waals surface area contributed by atoms with Gasteiger partial charge in [0.25, 0.3) is 0 Å². The van der Waals surface area contributed by atoms with Crippen molar-refractivity contribution in [3.05, 3.63) is 23.5 Å². The quantitative estimate of drug-likeness (QED) is 0.796. The van der Waals surface area contributed by atoms with Gasteiger partial charge in [-0.15, -0.1) is 18.3 Å². The minimum atomic E-state index is 0. The zero-order chi connectivity index (χ0) is 14.5. The summed E-state index contributed by atoms with van der Waals surface area (Å²) in [5.41, 5.74) is 3.50. The first-order chi connectivity index (χ1) is 9.70. The molecular formula is C16H21ClN2O2. The first-order valence-electron chi connectivity index (χ1n) is 6.66. The van der Waals surface area contributed by atoms with Gasteiger partial charge in [-0.2, -0.15) is 0 Å². The number of nitrogens with zero attached hydrogens (tertiary/aromatic N) is 2. The Morgan fingerprint density at radius 2 is 2.10 bits per heavy atom. The Morgan fingerprint density at radius 1 is 1.33 bits per heavy atom. The number of aromatic nitrogens is 2. The summed E-state index contributed by atoms with van der Waals surface area (Å²) in [7, 11) is 1.71. The lowest BCUT2D eigenvalue weighted by atomic mass is 10.2. The molecule has 0 aromatic carbocycles. The van der Waals surface area contributed by atoms with Crippen LogP contribution in [0.25, 0.3) is 10.9 Å². The highest BCUT2D eigenvalue weighted by Gasteiger charge is 2.15. The summed E-state index contributed by atoms with van der Waals surface area (Å²) >= 11 is 0. The topological polar surface area (TPSA) is 36.3 Å². The van der Waals surface area contributed by atoms with Crippen molar-refractivity contribution in [3.63, 3.8) is 0 Å². The molecule has 4 nitrogen and oxygen atoms in total. The summed E-state index contributed by atoms with van der Waals surface area (Å²) < 4.78 is 13.1. The van der Waals surface area contributed by atoms with Gasteiger partial charge in [0.15, 0.2) is 6.61 Å². The Hall–Kier alpha value is -1.70. The van der Waals surface area contributed by atoms with Gasteiger partial charge in [-0.25, -0.2) is 4.98 Å². The van der Waals surface area contributed by atoms with Crippen molar-refractivity contribution >= 4 is 23.3 Å². The van der Waals surface area contributed by atoms with Gasteiger partial charge in [0, 0.05) is 30.9 Å². The second-order valence-electron chi connectivity index (χ2n) is 4.58. The number of rotatable bonds is 5. The fraction of sp³-hybridized carbons (Fsp3) is 0.438. The minimum absolute atomic E-state index is 0. The van der Waals surface area contributed by atoms with Crippen LogP contribution >= 0.6 is 12.4 Å². The van der Waals surface area contributed by atoms with Gasteiger partial charge < -0.3 is 14.0 Å². The molecule has 2 heterocycles. The molecule has 0 unspecified atom stereocenters. The number of fused-ring (bicyclic) bond motifs is 1. The van der Waals surface area contributed by atoms with Crippen LogP contribution in [0.4, 0.5) is 0 Å². The lowest BCUT2D eigenvalue weighted by Gasteiger charge is -2.10. The largest absolute Gasteiger partial charge is 0.463 e. The van der Waals surface area contributed by atoms with Gasteiger partial charge in [-0.3, -0.25) is 0 Å². The van der Waals surface area contributed by atoms with Crippen LogP contribution in [0.5, 0.6) is 5.88 Å². The number of methoxy groups -OCH3 is 1. The molecule has 0 atom stereocenters. The van der Waals surface area contributed by atoms with Gasteiger partial charge in [0.05, 0.1) is 6.61 Å². The van der Waals surface area contributed by atoms with Crippen LogP contribution in [0.3, 0.4) is 0 Å². The molecule has 21 heavy (non-hydrogen) atoms. The van der Waals surface area contributed by atoms with Crippen molar-refractivity contribution in [2.24, 2.45) is 0 Å². The maximum absolute atomic E-state index is 5.70. The van der Waals surface area contributed by atoms with Crippen LogP contribution in [-0.4, -0.2) is 29.9 Å². The van der Waals surface area contributed by atoms with Crippen LogP contribution in [0.2, 0.25) is 0 Å². The molecule has 2 rings (SSSR count). The van der Waals surface area contributed by atoms with Gasteiger partial charge in [0.2, 0.25) is 5.88 Å². The van der Waals surface area contributed by atoms with Gasteiger partial charge in [0.1, 0.15) is 5.52 Å². The lowest BCUT2D eigenvalue weighted by molar-refractivity contribution is 0.187. The molecule has 114 valence electrons. The lowest BCUT2D eigenvalue weighted by Crippen LogP contribution is -2.07. The average molecular weight is 309 g/mol. The van der Waals surface area contributed by atoms with E-state index in [1.165, 1.54) is 16.6 Å². The normalized spacial score (nSPS) is 9.90. The van der Waals surface area contributed by atoms with Crippen molar-refractivity contribution in [2.75, 3.05) is 20.3 Å². The number of aryl methyl sites for hydroxylation is 1. The molecule has 0 radical (unpaired) electrons. The van der Waals surface area contributed by atoms with Crippen molar-refractivity contribution in [2.45, 2.75) is 27.3 Å². The second-order valence-corrected chi connectivity index (χ2v) is 4.58. The van der Waals surface area contributed by atoms with E-state index in [0.29, 0.717) is 19.1 Å². The molecule has 0 saturated carbocycles. The summed E-state index contributed by atoms with van der Waals surface area (Å²) in [6.45, 7) is 7.84. The Labute approximate surface area is 131 Å². The van der Waals surface area contributed by atoms with E-state index in [9.17, 15) is 0 Å². The third kappa shape index (κ3) is 3.49. The van der Waals surface area contributed by atoms with Crippen LogP contribution < -0.4 is 4.74 Å². The van der Waals surface area contributed by atoms with Crippen LogP contribution in [0.1, 0.15) is 18.2 Å². The fourth-order valence-corrected chi connectivity index (χ4v) is 2.31. The van der Waals surface area contributed by atoms with E-state index >= 15 is 0 Å². The molecule has 2 aromatic heterocycles. The van der Waals surface area contributed by atoms with E-state index in [1.54, 1.807) is 20.2 Å². The van der Waals surface area contributed by atoms with Crippen molar-refractivity contribution in [1.29, 1.82) is 0 Å². The first kappa shape index (κ1) is 17.4. The zero-order valence-corrected chi connectivity index (χ0v) is 13.7. The van der Waals surface area contributed by atoms with Crippen molar-refractivity contribution < 1.29 is 9.47 Å². The molecule has 0 saturated heterocycles. The molecule has 0 fully saturated rings. The molecule has 5 heteroatoms. The number of hydrogen-bond donors (Lipinski definition) is 0. The monoisotopic (exact) mass is 308 g/mol. The van der Waals surface area contributed by atoms with E-state index in [2.05, 4.69) is 35.2 Å². The third-order valence-corrected chi connectivity index (χ3v) is 3.49. The standard InChI is InChI=1S/C16H20N2O2.ClH/c1-5-6-10-20-16-15-14(7-8-17-16)12(2)13(3)18(15)9-11-19-4;/h7-8H,9-11H2,1-4H3;1H. The van der Waals surface area contributed by atoms with E-state index in [4.69, 9.17) is 9.47 Å². The van der Waals surface area contributed by atoms with Crippen molar-refractivity contribution in [1.82, 2.24) is 9.55 Å². The van der Waals surface area contributed by atoms with Crippen LogP contribution in [0.15, 0.2) is 12.3 Å². The van der Waals surface area contributed by atoms with Gasteiger partial charge in [-0.1, -0.05) is 5.92 Å². The van der Waals surface area contributed by atoms with Gasteiger partial charge in [-0.05, 0) is 32.4 Å². The minimum Gasteiger partial charge on any atom is -0.463 e. The summed E-state index contributed by atoms with van der Waals surface area (Å²) in [5.74, 6) is 6.36. The molecule has 0 aliphatic heterocycles. The van der Waals surface area contributed by atoms with Crippen LogP contribution in [0, 0.1) is 25.7 Å². The molecule has 0 aliphatic carbocycles. The van der Waals surface area contributed by atoms with Crippen molar-refractivity contribution in [3.8, 4) is 17.7 Å². The SMILES string of the molecule is CC#CCOc1nccc2c(C)c(C)n(CCOC)c12.Cl. The fourth-order valence-electron chi connectivity index (χ4n) is 2.31. The molecule has 0 amide bonds. The Kier molecular flexibility index (Phi) is 6.54. The predicted molar refractivity (Wildman–Crippen MR) is 87.3 cm³/mol. The number of halogens is 1. The van der Waals surface area contributed by atoms with E-state index in [0.717, 1.165) is 12.1 Å². The smallest absolute Gasteiger partial charge is 0.239 e. The number of ether oxygens (including phenoxy) is 2. The summed E-state index contributed by atoms with van der Waals surface area (Å²) in [6.07, 6.45) is 1.78. The Morgan fingerprint density at radius 3 is 2.76 bits per heavy atom. The molecule has 0 spiro atoms. The molecular weight excluding hydrogens is 288 g/mol. The van der Waals surface area contributed by atoms with Gasteiger partial charge >= 0.3 is 0 Å². The summed E-state index contributed by atoms with van der Waals surface area (Å²) in [6, 6.07) is 2.03. The highest BCUT2D eigenvalue weighted by molar-refractivity contribution is 5.88. The Bertz CT molecular complexity index is 668. The van der Waals surface area contributed by atoms with Crippen LogP contribution in [-0.2, 0) is 11.3 Å². The second kappa shape index (κ2) is 7.92. The van der Waals surface area contributed by atoms with E-state index < -0.39 is 0 Å². The first-order valence-corrected chi connectivity index (χ1v) is 6.66. The summed E-state index contributed by atoms with van der Waals surface area (Å²) in [5, 5.41) is 1.17. The highest BCUT2D eigenvalue weighted by Crippen LogP contribution is 2.30. The third-order valence-electron chi connectivity index (χ3n) is 3.49. The molecule has 0 bridgehead atoms. The Balaban J connectivity index is 0.00000220. The maximum atomic E-state index is 5.70. The maximum Gasteiger partial charge on any atom is 0.239 e. The molecule has 0 N–H and O–H groups in total. The summed E-state index contributed by atoms with van der Waals surface area (Å²) in [4.78, 5) is 4.35. The predicted octanol–water partition coefficient (Wildman–Crippen LogP) is 3.12. The number of hydrogen-bond acceptors (Lipinski definition) is 3. The average Bonchev–Trinajstić information content (AvgIpc) is 2.70. The molecule has 2 aromatic rings. The number of pyridine rings is 1. The van der Waals surface area contributed by atoms with E-state index in [-0.39, 0.29) is 12.4 Å². The highest BCUT2D eigenvalue weighted by atomic mass is 35.5. The zero-order valence-electron chi connectivity index (χ0n) is 12.9. The molecule has 0 aliphatic rings.